The minimum atomic E-state index is -0.229. The van der Waals surface area contributed by atoms with Crippen molar-refractivity contribution in [3.63, 3.8) is 0 Å². The van der Waals surface area contributed by atoms with Crippen LogP contribution in [-0.4, -0.2) is 21.6 Å². The van der Waals surface area contributed by atoms with Gasteiger partial charge in [0.2, 0.25) is 0 Å². The fourth-order valence-electron chi connectivity index (χ4n) is 3.13. The fourth-order valence-corrected chi connectivity index (χ4v) is 4.04. The van der Waals surface area contributed by atoms with E-state index in [4.69, 9.17) is 0 Å². The van der Waals surface area contributed by atoms with Crippen LogP contribution in [0, 0.1) is 13.8 Å². The van der Waals surface area contributed by atoms with Crippen molar-refractivity contribution in [1.82, 2.24) is 15.4 Å². The van der Waals surface area contributed by atoms with Gasteiger partial charge in [-0.1, -0.05) is 68.9 Å². The molecule has 0 saturated heterocycles. The molecule has 6 heteroatoms. The summed E-state index contributed by atoms with van der Waals surface area (Å²) in [6.07, 6.45) is 0. The Morgan fingerprint density at radius 3 is 2.06 bits per heavy atom. The average Bonchev–Trinajstić information content (AvgIpc) is 2.75. The van der Waals surface area contributed by atoms with Gasteiger partial charge >= 0.3 is 0 Å². The summed E-state index contributed by atoms with van der Waals surface area (Å²) in [5.41, 5.74) is 9.38. The molecule has 0 bridgehead atoms. The van der Waals surface area contributed by atoms with Crippen molar-refractivity contribution in [2.75, 3.05) is 0 Å². The van der Waals surface area contributed by atoms with E-state index in [9.17, 15) is 4.79 Å². The molecule has 3 aromatic rings. The lowest BCUT2D eigenvalue weighted by molar-refractivity contribution is 0.0955. The molecular formula is C26H30N4OS. The van der Waals surface area contributed by atoms with Crippen LogP contribution in [-0.2, 0) is 11.2 Å². The fraction of sp³-hybridized carbons (Fsp3) is 0.308. The third-order valence-corrected chi connectivity index (χ3v) is 5.96. The molecule has 0 aliphatic heterocycles. The summed E-state index contributed by atoms with van der Waals surface area (Å²) < 4.78 is 0. The molecule has 0 aliphatic rings. The van der Waals surface area contributed by atoms with Gasteiger partial charge in [-0.2, -0.15) is 5.10 Å². The van der Waals surface area contributed by atoms with Crippen LogP contribution in [0.15, 0.2) is 64.9 Å². The van der Waals surface area contributed by atoms with E-state index < -0.39 is 0 Å². The molecule has 0 radical (unpaired) electrons. The zero-order valence-electron chi connectivity index (χ0n) is 19.6. The Hall–Kier alpha value is -2.99. The Bertz CT molecular complexity index is 1090. The Morgan fingerprint density at radius 2 is 1.50 bits per heavy atom. The zero-order chi connectivity index (χ0) is 23.3. The number of hydrazone groups is 1. The standard InChI is InChI=1S/C26H30N4OS/c1-17-15-18(2)28-25(27-17)32-16-20-7-9-22(10-8-20)24(31)30-29-19(3)21-11-13-23(14-12-21)26(4,5)6/h7-15H,16H2,1-6H3,(H,30,31)/b29-19+. The number of aromatic nitrogens is 2. The first-order chi connectivity index (χ1) is 15.1. The van der Waals surface area contributed by atoms with Crippen molar-refractivity contribution in [3.8, 4) is 0 Å². The highest BCUT2D eigenvalue weighted by molar-refractivity contribution is 7.98. The highest BCUT2D eigenvalue weighted by Crippen LogP contribution is 2.22. The Kier molecular flexibility index (Phi) is 7.46. The number of thioether (sulfide) groups is 1. The lowest BCUT2D eigenvalue weighted by Crippen LogP contribution is -2.19. The second kappa shape index (κ2) is 10.1. The highest BCUT2D eigenvalue weighted by atomic mass is 32.2. The van der Waals surface area contributed by atoms with Crippen LogP contribution < -0.4 is 5.43 Å². The van der Waals surface area contributed by atoms with E-state index in [2.05, 4.69) is 53.4 Å². The van der Waals surface area contributed by atoms with Crippen LogP contribution in [0.4, 0.5) is 0 Å². The monoisotopic (exact) mass is 446 g/mol. The molecule has 1 N–H and O–H groups in total. The van der Waals surface area contributed by atoms with E-state index in [1.165, 1.54) is 5.56 Å². The molecule has 5 nitrogen and oxygen atoms in total. The molecule has 1 aromatic heterocycles. The van der Waals surface area contributed by atoms with Crippen molar-refractivity contribution in [3.05, 3.63) is 88.2 Å². The highest BCUT2D eigenvalue weighted by Gasteiger charge is 2.13. The van der Waals surface area contributed by atoms with Gasteiger partial charge in [-0.15, -0.1) is 0 Å². The molecule has 0 spiro atoms. The van der Waals surface area contributed by atoms with Gasteiger partial charge in [0.05, 0.1) is 5.71 Å². The number of carbonyl (C=O) groups is 1. The molecule has 3 rings (SSSR count). The van der Waals surface area contributed by atoms with E-state index in [0.717, 1.165) is 39.1 Å². The van der Waals surface area contributed by atoms with Crippen LogP contribution in [0.1, 0.15) is 66.1 Å². The van der Waals surface area contributed by atoms with Gasteiger partial charge in [-0.25, -0.2) is 15.4 Å². The van der Waals surface area contributed by atoms with Gasteiger partial charge in [0.1, 0.15) is 0 Å². The molecule has 0 aliphatic carbocycles. The molecule has 0 unspecified atom stereocenters. The van der Waals surface area contributed by atoms with Gasteiger partial charge in [-0.05, 0) is 61.1 Å². The quantitative estimate of drug-likeness (QED) is 0.224. The number of amides is 1. The number of nitrogens with zero attached hydrogens (tertiary/aromatic N) is 3. The SMILES string of the molecule is C/C(=N\NC(=O)c1ccc(CSc2nc(C)cc(C)n2)cc1)c1ccc(C(C)(C)C)cc1. The average molecular weight is 447 g/mol. The third kappa shape index (κ3) is 6.50. The molecule has 0 fully saturated rings. The first kappa shape index (κ1) is 23.7. The summed E-state index contributed by atoms with van der Waals surface area (Å²) in [6, 6.07) is 17.8. The molecule has 166 valence electrons. The summed E-state index contributed by atoms with van der Waals surface area (Å²) in [5.74, 6) is 0.514. The summed E-state index contributed by atoms with van der Waals surface area (Å²) >= 11 is 1.59. The van der Waals surface area contributed by atoms with Crippen molar-refractivity contribution < 1.29 is 4.79 Å². The van der Waals surface area contributed by atoms with Gasteiger partial charge in [0.25, 0.3) is 5.91 Å². The predicted molar refractivity (Wildman–Crippen MR) is 132 cm³/mol. The van der Waals surface area contributed by atoms with Crippen molar-refractivity contribution in [2.24, 2.45) is 5.10 Å². The van der Waals surface area contributed by atoms with Crippen molar-refractivity contribution in [2.45, 2.75) is 57.9 Å². The maximum absolute atomic E-state index is 12.5. The predicted octanol–water partition coefficient (Wildman–Crippen LogP) is 5.84. The third-order valence-electron chi connectivity index (χ3n) is 5.04. The minimum absolute atomic E-state index is 0.106. The number of nitrogens with one attached hydrogen (secondary N) is 1. The van der Waals surface area contributed by atoms with Gasteiger partial charge < -0.3 is 0 Å². The molecule has 32 heavy (non-hydrogen) atoms. The molecule has 1 amide bonds. The second-order valence-corrected chi connectivity index (χ2v) is 9.83. The van der Waals surface area contributed by atoms with Crippen LogP contribution in [0.25, 0.3) is 0 Å². The molecule has 0 atom stereocenters. The molecule has 0 saturated carbocycles. The number of hydrogen-bond acceptors (Lipinski definition) is 5. The first-order valence-electron chi connectivity index (χ1n) is 10.6. The number of benzene rings is 2. The Morgan fingerprint density at radius 1 is 0.938 bits per heavy atom. The van der Waals surface area contributed by atoms with Crippen LogP contribution in [0.2, 0.25) is 0 Å². The molecule has 1 heterocycles. The smallest absolute Gasteiger partial charge is 0.267 e. The van der Waals surface area contributed by atoms with Crippen molar-refractivity contribution >= 4 is 23.4 Å². The summed E-state index contributed by atoms with van der Waals surface area (Å²) in [4.78, 5) is 21.4. The van der Waals surface area contributed by atoms with E-state index in [1.807, 2.05) is 63.2 Å². The number of aryl methyl sites for hydroxylation is 2. The number of hydrogen-bond donors (Lipinski definition) is 1. The lowest BCUT2D eigenvalue weighted by Gasteiger charge is -2.19. The molecular weight excluding hydrogens is 416 g/mol. The van der Waals surface area contributed by atoms with E-state index >= 15 is 0 Å². The van der Waals surface area contributed by atoms with Gasteiger partial charge in [0, 0.05) is 22.7 Å². The number of rotatable bonds is 6. The van der Waals surface area contributed by atoms with Crippen LogP contribution >= 0.6 is 11.8 Å². The number of carbonyl (C=O) groups excluding carboxylic acids is 1. The Balaban J connectivity index is 1.58. The zero-order valence-corrected chi connectivity index (χ0v) is 20.4. The van der Waals surface area contributed by atoms with Crippen LogP contribution in [0.5, 0.6) is 0 Å². The van der Waals surface area contributed by atoms with E-state index in [0.29, 0.717) is 5.56 Å². The first-order valence-corrected chi connectivity index (χ1v) is 11.6. The maximum atomic E-state index is 12.5. The normalized spacial score (nSPS) is 12.0. The second-order valence-electron chi connectivity index (χ2n) is 8.88. The summed E-state index contributed by atoms with van der Waals surface area (Å²) in [6.45, 7) is 12.4. The Labute approximate surface area is 194 Å². The van der Waals surface area contributed by atoms with Gasteiger partial charge in [-0.3, -0.25) is 4.79 Å². The topological polar surface area (TPSA) is 67.2 Å². The summed E-state index contributed by atoms with van der Waals surface area (Å²) in [7, 11) is 0. The minimum Gasteiger partial charge on any atom is -0.267 e. The van der Waals surface area contributed by atoms with Crippen LogP contribution in [0.3, 0.4) is 0 Å². The lowest BCUT2D eigenvalue weighted by atomic mass is 9.86. The maximum Gasteiger partial charge on any atom is 0.271 e. The van der Waals surface area contributed by atoms with E-state index in [-0.39, 0.29) is 11.3 Å². The van der Waals surface area contributed by atoms with Crippen molar-refractivity contribution in [1.29, 1.82) is 0 Å². The summed E-state index contributed by atoms with van der Waals surface area (Å²) in [5, 5.41) is 5.04. The largest absolute Gasteiger partial charge is 0.271 e. The van der Waals surface area contributed by atoms with E-state index in [1.54, 1.807) is 11.8 Å². The molecule has 2 aromatic carbocycles. The van der Waals surface area contributed by atoms with Gasteiger partial charge in [0.15, 0.2) is 5.16 Å².